The summed E-state index contributed by atoms with van der Waals surface area (Å²) in [6, 6.07) is 8.21. The van der Waals surface area contributed by atoms with Crippen LogP contribution >= 0.6 is 15.9 Å². The van der Waals surface area contributed by atoms with E-state index in [2.05, 4.69) is 38.3 Å². The maximum Gasteiger partial charge on any atom is 0.223 e. The summed E-state index contributed by atoms with van der Waals surface area (Å²) in [5, 5.41) is 2.68. The highest BCUT2D eigenvalue weighted by Gasteiger charge is 2.24. The average molecular weight is 342 g/mol. The van der Waals surface area contributed by atoms with E-state index < -0.39 is 0 Å². The molecule has 5 heteroatoms. The zero-order chi connectivity index (χ0) is 15.3. The number of likely N-dealkylation sites (N-methyl/N-ethyl adjacent to an activating group) is 1. The smallest absolute Gasteiger partial charge is 0.223 e. The average Bonchev–Trinajstić information content (AvgIpc) is 2.37. The monoisotopic (exact) mass is 341 g/mol. The first kappa shape index (κ1) is 17.1. The van der Waals surface area contributed by atoms with E-state index in [1.807, 2.05) is 33.0 Å². The van der Waals surface area contributed by atoms with E-state index in [4.69, 9.17) is 5.73 Å². The van der Waals surface area contributed by atoms with E-state index in [1.165, 1.54) is 0 Å². The molecule has 4 nitrogen and oxygen atoms in total. The molecule has 3 N–H and O–H groups in total. The van der Waals surface area contributed by atoms with Crippen molar-refractivity contribution >= 4 is 21.8 Å². The number of rotatable bonds is 6. The van der Waals surface area contributed by atoms with Crippen LogP contribution in [0.3, 0.4) is 0 Å². The molecule has 0 saturated carbocycles. The van der Waals surface area contributed by atoms with E-state index in [9.17, 15) is 4.79 Å². The molecule has 0 aliphatic heterocycles. The zero-order valence-electron chi connectivity index (χ0n) is 12.6. The summed E-state index contributed by atoms with van der Waals surface area (Å²) in [4.78, 5) is 13.8. The third-order valence-corrected chi connectivity index (χ3v) is 3.91. The van der Waals surface area contributed by atoms with Crippen molar-refractivity contribution < 1.29 is 4.79 Å². The van der Waals surface area contributed by atoms with Crippen LogP contribution in [0.5, 0.6) is 0 Å². The van der Waals surface area contributed by atoms with Crippen molar-refractivity contribution in [2.75, 3.05) is 20.6 Å². The van der Waals surface area contributed by atoms with Gasteiger partial charge in [0.15, 0.2) is 0 Å². The first-order chi connectivity index (χ1) is 9.36. The Hall–Kier alpha value is -0.910. The highest BCUT2D eigenvalue weighted by Crippen LogP contribution is 2.25. The number of halogens is 1. The van der Waals surface area contributed by atoms with Crippen LogP contribution in [0.15, 0.2) is 28.7 Å². The zero-order valence-corrected chi connectivity index (χ0v) is 14.1. The summed E-state index contributed by atoms with van der Waals surface area (Å²) in [6.45, 7) is 4.58. The van der Waals surface area contributed by atoms with E-state index in [-0.39, 0.29) is 23.9 Å². The van der Waals surface area contributed by atoms with Gasteiger partial charge in [-0.2, -0.15) is 0 Å². The Morgan fingerprint density at radius 2 is 2.10 bits per heavy atom. The number of amides is 1. The van der Waals surface area contributed by atoms with Crippen molar-refractivity contribution in [3.63, 3.8) is 0 Å². The lowest BCUT2D eigenvalue weighted by atomic mass is 9.98. The second-order valence-corrected chi connectivity index (χ2v) is 6.23. The van der Waals surface area contributed by atoms with Gasteiger partial charge in [0.05, 0.1) is 0 Å². The number of nitrogens with zero attached hydrogens (tertiary/aromatic N) is 1. The predicted octanol–water partition coefficient (Wildman–Crippen LogP) is 2.15. The lowest BCUT2D eigenvalue weighted by molar-refractivity contribution is -0.124. The Bertz CT molecular complexity index is 450. The van der Waals surface area contributed by atoms with Gasteiger partial charge in [-0.3, -0.25) is 9.69 Å². The van der Waals surface area contributed by atoms with Crippen LogP contribution in [-0.4, -0.2) is 37.5 Å². The minimum Gasteiger partial charge on any atom is -0.359 e. The van der Waals surface area contributed by atoms with E-state index in [0.717, 1.165) is 10.0 Å². The molecule has 0 radical (unpaired) electrons. The van der Waals surface area contributed by atoms with Crippen molar-refractivity contribution in [3.8, 4) is 0 Å². The molecule has 1 rings (SSSR count). The summed E-state index contributed by atoms with van der Waals surface area (Å²) >= 11 is 3.49. The molecule has 0 aliphatic carbocycles. The normalized spacial score (nSPS) is 15.8. The van der Waals surface area contributed by atoms with Gasteiger partial charge in [0.2, 0.25) is 5.91 Å². The van der Waals surface area contributed by atoms with Gasteiger partial charge in [0, 0.05) is 36.1 Å². The molecule has 1 aromatic carbocycles. The topological polar surface area (TPSA) is 58.4 Å². The van der Waals surface area contributed by atoms with Gasteiger partial charge in [-0.05, 0) is 31.7 Å². The Kier molecular flexibility index (Phi) is 6.65. The highest BCUT2D eigenvalue weighted by molar-refractivity contribution is 9.10. The molecule has 0 spiro atoms. The Morgan fingerprint density at radius 1 is 1.45 bits per heavy atom. The molecule has 3 unspecified atom stereocenters. The third-order valence-electron chi connectivity index (χ3n) is 3.42. The maximum atomic E-state index is 11.7. The molecule has 0 fully saturated rings. The molecule has 0 heterocycles. The molecule has 20 heavy (non-hydrogen) atoms. The summed E-state index contributed by atoms with van der Waals surface area (Å²) < 4.78 is 1.04. The Balaban J connectivity index is 2.88. The third kappa shape index (κ3) is 4.58. The summed E-state index contributed by atoms with van der Waals surface area (Å²) in [5.41, 5.74) is 7.30. The Morgan fingerprint density at radius 3 is 2.60 bits per heavy atom. The molecular weight excluding hydrogens is 318 g/mol. The van der Waals surface area contributed by atoms with Crippen molar-refractivity contribution in [1.29, 1.82) is 0 Å². The summed E-state index contributed by atoms with van der Waals surface area (Å²) in [5.74, 6) is -0.0204. The summed E-state index contributed by atoms with van der Waals surface area (Å²) in [6.07, 6.45) is 0. The van der Waals surface area contributed by atoms with Crippen LogP contribution in [0.1, 0.15) is 25.5 Å². The number of carbonyl (C=O) groups is 1. The molecule has 3 atom stereocenters. The number of hydrogen-bond donors (Lipinski definition) is 2. The molecule has 0 saturated heterocycles. The van der Waals surface area contributed by atoms with Crippen molar-refractivity contribution in [1.82, 2.24) is 10.2 Å². The van der Waals surface area contributed by atoms with Crippen LogP contribution in [0.2, 0.25) is 0 Å². The standard InChI is InChI=1S/C15H24BrN3O/c1-10(15(20)18-3)9-19(4)14(11(2)17)12-6-5-7-13(16)8-12/h5-8,10-11,14H,9,17H2,1-4H3,(H,18,20). The number of nitrogens with one attached hydrogen (secondary N) is 1. The molecular formula is C15H24BrN3O. The fourth-order valence-corrected chi connectivity index (χ4v) is 2.94. The van der Waals surface area contributed by atoms with E-state index in [0.29, 0.717) is 6.54 Å². The summed E-state index contributed by atoms with van der Waals surface area (Å²) in [7, 11) is 3.67. The molecule has 0 aliphatic rings. The van der Waals surface area contributed by atoms with E-state index in [1.54, 1.807) is 7.05 Å². The minimum atomic E-state index is -0.0709. The lowest BCUT2D eigenvalue weighted by Gasteiger charge is -2.33. The first-order valence-corrected chi connectivity index (χ1v) is 7.59. The quantitative estimate of drug-likeness (QED) is 0.833. The van der Waals surface area contributed by atoms with Gasteiger partial charge in [0.25, 0.3) is 0 Å². The van der Waals surface area contributed by atoms with Crippen LogP contribution in [0.4, 0.5) is 0 Å². The maximum absolute atomic E-state index is 11.7. The predicted molar refractivity (Wildman–Crippen MR) is 86.4 cm³/mol. The molecule has 1 amide bonds. The van der Waals surface area contributed by atoms with Crippen LogP contribution in [-0.2, 0) is 4.79 Å². The fraction of sp³-hybridized carbons (Fsp3) is 0.533. The van der Waals surface area contributed by atoms with E-state index >= 15 is 0 Å². The molecule has 1 aromatic rings. The number of carbonyl (C=O) groups excluding carboxylic acids is 1. The van der Waals surface area contributed by atoms with Gasteiger partial charge in [-0.1, -0.05) is 35.0 Å². The SMILES string of the molecule is CNC(=O)C(C)CN(C)C(c1cccc(Br)c1)C(C)N. The van der Waals surface area contributed by atoms with Crippen molar-refractivity contribution in [2.24, 2.45) is 11.7 Å². The van der Waals surface area contributed by atoms with Gasteiger partial charge < -0.3 is 11.1 Å². The van der Waals surface area contributed by atoms with Gasteiger partial charge in [0.1, 0.15) is 0 Å². The number of hydrogen-bond acceptors (Lipinski definition) is 3. The second-order valence-electron chi connectivity index (χ2n) is 5.31. The molecule has 0 aromatic heterocycles. The Labute approximate surface area is 129 Å². The lowest BCUT2D eigenvalue weighted by Crippen LogP contribution is -2.41. The fourth-order valence-electron chi connectivity index (χ4n) is 2.52. The number of benzene rings is 1. The minimum absolute atomic E-state index is 0.0220. The largest absolute Gasteiger partial charge is 0.359 e. The van der Waals surface area contributed by atoms with Gasteiger partial charge in [-0.15, -0.1) is 0 Å². The number of nitrogens with two attached hydrogens (primary N) is 1. The van der Waals surface area contributed by atoms with Gasteiger partial charge >= 0.3 is 0 Å². The van der Waals surface area contributed by atoms with Crippen molar-refractivity contribution in [2.45, 2.75) is 25.9 Å². The van der Waals surface area contributed by atoms with Crippen molar-refractivity contribution in [3.05, 3.63) is 34.3 Å². The van der Waals surface area contributed by atoms with Gasteiger partial charge in [-0.25, -0.2) is 0 Å². The second kappa shape index (κ2) is 7.76. The first-order valence-electron chi connectivity index (χ1n) is 6.79. The van der Waals surface area contributed by atoms with Crippen LogP contribution < -0.4 is 11.1 Å². The van der Waals surface area contributed by atoms with Crippen LogP contribution in [0.25, 0.3) is 0 Å². The molecule has 0 bridgehead atoms. The van der Waals surface area contributed by atoms with Crippen LogP contribution in [0, 0.1) is 5.92 Å². The highest BCUT2D eigenvalue weighted by atomic mass is 79.9. The molecule has 112 valence electrons.